The van der Waals surface area contributed by atoms with Gasteiger partial charge in [0.2, 0.25) is 5.91 Å². The van der Waals surface area contributed by atoms with Crippen LogP contribution >= 0.6 is 0 Å². The number of non-ortho nitro benzene ring substituents is 1. The van der Waals surface area contributed by atoms with Crippen LogP contribution in [-0.2, 0) is 11.2 Å². The molecule has 0 atom stereocenters. The van der Waals surface area contributed by atoms with Crippen molar-refractivity contribution in [3.63, 3.8) is 0 Å². The van der Waals surface area contributed by atoms with E-state index >= 15 is 0 Å². The first-order chi connectivity index (χ1) is 11.0. The Bertz CT molecular complexity index is 757. The zero-order valence-electron chi connectivity index (χ0n) is 12.4. The lowest BCUT2D eigenvalue weighted by molar-refractivity contribution is -0.384. The summed E-state index contributed by atoms with van der Waals surface area (Å²) in [5, 5.41) is 24.4. The van der Waals surface area contributed by atoms with Crippen molar-refractivity contribution >= 4 is 17.8 Å². The van der Waals surface area contributed by atoms with Gasteiger partial charge in [0.25, 0.3) is 5.69 Å². The van der Waals surface area contributed by atoms with Crippen LogP contribution in [0.1, 0.15) is 16.7 Å². The highest BCUT2D eigenvalue weighted by molar-refractivity contribution is 5.87. The van der Waals surface area contributed by atoms with Gasteiger partial charge in [-0.3, -0.25) is 14.9 Å². The molecule has 23 heavy (non-hydrogen) atoms. The number of amides is 1. The average molecular weight is 313 g/mol. The predicted octanol–water partition coefficient (Wildman–Crippen LogP) is 2.30. The zero-order valence-corrected chi connectivity index (χ0v) is 12.4. The van der Waals surface area contributed by atoms with Gasteiger partial charge in [0.05, 0.1) is 17.6 Å². The van der Waals surface area contributed by atoms with E-state index in [1.54, 1.807) is 6.92 Å². The van der Waals surface area contributed by atoms with E-state index in [1.165, 1.54) is 18.3 Å². The number of phenols is 1. The number of hydrogen-bond acceptors (Lipinski definition) is 5. The van der Waals surface area contributed by atoms with Crippen molar-refractivity contribution < 1.29 is 14.8 Å². The van der Waals surface area contributed by atoms with E-state index in [9.17, 15) is 20.0 Å². The lowest BCUT2D eigenvalue weighted by Crippen LogP contribution is -2.19. The maximum absolute atomic E-state index is 11.7. The van der Waals surface area contributed by atoms with Gasteiger partial charge in [0.15, 0.2) is 0 Å². The topological polar surface area (TPSA) is 105 Å². The summed E-state index contributed by atoms with van der Waals surface area (Å²) in [6.45, 7) is 1.55. The Kier molecular flexibility index (Phi) is 5.03. The molecule has 118 valence electrons. The molecule has 1 amide bonds. The molecule has 2 N–H and O–H groups in total. The van der Waals surface area contributed by atoms with E-state index in [2.05, 4.69) is 10.5 Å². The second-order valence-corrected chi connectivity index (χ2v) is 4.91. The van der Waals surface area contributed by atoms with Crippen LogP contribution in [0, 0.1) is 17.0 Å². The van der Waals surface area contributed by atoms with Crippen molar-refractivity contribution in [3.05, 3.63) is 69.3 Å². The molecule has 0 bridgehead atoms. The van der Waals surface area contributed by atoms with Crippen LogP contribution in [0.2, 0.25) is 0 Å². The summed E-state index contributed by atoms with van der Waals surface area (Å²) in [4.78, 5) is 22.0. The molecule has 0 aliphatic rings. The van der Waals surface area contributed by atoms with Crippen molar-refractivity contribution in [1.29, 1.82) is 0 Å². The maximum atomic E-state index is 11.7. The SMILES string of the molecule is Cc1cc([N+](=O)[O-])cc(/C=N/NC(=O)Cc2ccccc2)c1O. The fraction of sp³-hybridized carbons (Fsp3) is 0.125. The normalized spacial score (nSPS) is 10.7. The number of benzene rings is 2. The van der Waals surface area contributed by atoms with Gasteiger partial charge in [0, 0.05) is 17.7 Å². The Morgan fingerprint density at radius 3 is 2.70 bits per heavy atom. The van der Waals surface area contributed by atoms with Crippen LogP contribution < -0.4 is 5.43 Å². The molecule has 0 radical (unpaired) electrons. The zero-order chi connectivity index (χ0) is 16.8. The quantitative estimate of drug-likeness (QED) is 0.502. The highest BCUT2D eigenvalue weighted by Crippen LogP contribution is 2.26. The van der Waals surface area contributed by atoms with E-state index < -0.39 is 4.92 Å². The Morgan fingerprint density at radius 1 is 1.35 bits per heavy atom. The molecule has 0 saturated carbocycles. The predicted molar refractivity (Wildman–Crippen MR) is 85.4 cm³/mol. The minimum atomic E-state index is -0.558. The fourth-order valence-electron chi connectivity index (χ4n) is 1.99. The minimum absolute atomic E-state index is 0.114. The third kappa shape index (κ3) is 4.37. The number of aromatic hydroxyl groups is 1. The lowest BCUT2D eigenvalue weighted by Gasteiger charge is -2.03. The number of nitro benzene ring substituents is 1. The molecule has 2 rings (SSSR count). The van der Waals surface area contributed by atoms with Crippen molar-refractivity contribution in [2.75, 3.05) is 0 Å². The van der Waals surface area contributed by atoms with Gasteiger partial charge in [-0.25, -0.2) is 5.43 Å². The average Bonchev–Trinajstić information content (AvgIpc) is 2.52. The number of phenolic OH excluding ortho intramolecular Hbond substituents is 1. The summed E-state index contributed by atoms with van der Waals surface area (Å²) in [5.41, 5.74) is 3.53. The molecule has 0 aliphatic carbocycles. The van der Waals surface area contributed by atoms with Crippen molar-refractivity contribution in [1.82, 2.24) is 5.43 Å². The Balaban J connectivity index is 2.05. The van der Waals surface area contributed by atoms with E-state index in [1.807, 2.05) is 30.3 Å². The molecule has 0 aromatic heterocycles. The molecule has 7 nitrogen and oxygen atoms in total. The maximum Gasteiger partial charge on any atom is 0.270 e. The summed E-state index contributed by atoms with van der Waals surface area (Å²) >= 11 is 0. The van der Waals surface area contributed by atoms with E-state index in [4.69, 9.17) is 0 Å². The largest absolute Gasteiger partial charge is 0.507 e. The first-order valence-electron chi connectivity index (χ1n) is 6.81. The van der Waals surface area contributed by atoms with Crippen LogP contribution in [0.15, 0.2) is 47.6 Å². The lowest BCUT2D eigenvalue weighted by atomic mass is 10.1. The Morgan fingerprint density at radius 2 is 2.04 bits per heavy atom. The van der Waals surface area contributed by atoms with Crippen LogP contribution in [0.5, 0.6) is 5.75 Å². The number of nitrogens with zero attached hydrogens (tertiary/aromatic N) is 2. The highest BCUT2D eigenvalue weighted by Gasteiger charge is 2.12. The third-order valence-corrected chi connectivity index (χ3v) is 3.13. The number of rotatable bonds is 5. The summed E-state index contributed by atoms with van der Waals surface area (Å²) in [5.74, 6) is -0.439. The number of nitrogens with one attached hydrogen (secondary N) is 1. The summed E-state index contributed by atoms with van der Waals surface area (Å²) < 4.78 is 0. The first kappa shape index (κ1) is 16.2. The van der Waals surface area contributed by atoms with Crippen molar-refractivity contribution in [2.45, 2.75) is 13.3 Å². The van der Waals surface area contributed by atoms with Crippen LogP contribution in [0.4, 0.5) is 5.69 Å². The van der Waals surface area contributed by atoms with Gasteiger partial charge < -0.3 is 5.11 Å². The molecule has 0 unspecified atom stereocenters. The third-order valence-electron chi connectivity index (χ3n) is 3.13. The molecular formula is C16H15N3O4. The summed E-state index contributed by atoms with van der Waals surface area (Å²) in [7, 11) is 0. The molecule has 0 aliphatic heterocycles. The fourth-order valence-corrected chi connectivity index (χ4v) is 1.99. The first-order valence-corrected chi connectivity index (χ1v) is 6.81. The summed E-state index contributed by atoms with van der Waals surface area (Å²) in [6.07, 6.45) is 1.34. The van der Waals surface area contributed by atoms with E-state index in [-0.39, 0.29) is 29.3 Å². The minimum Gasteiger partial charge on any atom is -0.507 e. The Hall–Kier alpha value is -3.22. The molecule has 0 heterocycles. The number of carbonyl (C=O) groups is 1. The number of hydrazone groups is 1. The molecule has 0 spiro atoms. The number of carbonyl (C=O) groups excluding carboxylic acids is 1. The second kappa shape index (κ2) is 7.17. The van der Waals surface area contributed by atoms with Gasteiger partial charge in [-0.05, 0) is 18.1 Å². The van der Waals surface area contributed by atoms with Crippen LogP contribution in [0.25, 0.3) is 0 Å². The van der Waals surface area contributed by atoms with E-state index in [0.717, 1.165) is 5.56 Å². The number of aryl methyl sites for hydroxylation is 1. The molecule has 0 fully saturated rings. The van der Waals surface area contributed by atoms with Crippen molar-refractivity contribution in [2.24, 2.45) is 5.10 Å². The van der Waals surface area contributed by atoms with Gasteiger partial charge in [-0.2, -0.15) is 5.10 Å². The number of hydrogen-bond donors (Lipinski definition) is 2. The molecule has 0 saturated heterocycles. The molecular weight excluding hydrogens is 298 g/mol. The highest BCUT2D eigenvalue weighted by atomic mass is 16.6. The summed E-state index contributed by atoms with van der Waals surface area (Å²) in [6, 6.07) is 11.6. The van der Waals surface area contributed by atoms with Gasteiger partial charge in [-0.15, -0.1) is 0 Å². The standard InChI is InChI=1S/C16H15N3O4/c1-11-7-14(19(22)23)9-13(16(11)21)10-17-18-15(20)8-12-5-3-2-4-6-12/h2-7,9-10,21H,8H2,1H3,(H,18,20)/b17-10+. The molecule has 2 aromatic rings. The molecule has 2 aromatic carbocycles. The van der Waals surface area contributed by atoms with E-state index in [0.29, 0.717) is 5.56 Å². The van der Waals surface area contributed by atoms with Gasteiger partial charge in [0.1, 0.15) is 5.75 Å². The smallest absolute Gasteiger partial charge is 0.270 e. The second-order valence-electron chi connectivity index (χ2n) is 4.91. The monoisotopic (exact) mass is 313 g/mol. The van der Waals surface area contributed by atoms with Crippen molar-refractivity contribution in [3.8, 4) is 5.75 Å². The number of nitro groups is 1. The van der Waals surface area contributed by atoms with Gasteiger partial charge >= 0.3 is 0 Å². The van der Waals surface area contributed by atoms with Crippen LogP contribution in [0.3, 0.4) is 0 Å². The Labute approximate surface area is 132 Å². The van der Waals surface area contributed by atoms with Gasteiger partial charge in [-0.1, -0.05) is 30.3 Å². The van der Waals surface area contributed by atoms with Crippen LogP contribution in [-0.4, -0.2) is 22.2 Å². The molecule has 7 heteroatoms.